The fourth-order valence-electron chi connectivity index (χ4n) is 3.00. The van der Waals surface area contributed by atoms with Crippen LogP contribution in [0.5, 0.6) is 0 Å². The fourth-order valence-corrected chi connectivity index (χ4v) is 3.84. The first kappa shape index (κ1) is 17.6. The van der Waals surface area contributed by atoms with Gasteiger partial charge in [-0.1, -0.05) is 17.7 Å². The van der Waals surface area contributed by atoms with Crippen molar-refractivity contribution in [2.75, 3.05) is 0 Å². The van der Waals surface area contributed by atoms with Crippen LogP contribution in [0.3, 0.4) is 0 Å². The van der Waals surface area contributed by atoms with Gasteiger partial charge in [-0.15, -0.1) is 0 Å². The van der Waals surface area contributed by atoms with E-state index in [0.717, 1.165) is 16.5 Å². The Bertz CT molecular complexity index is 934. The van der Waals surface area contributed by atoms with Crippen LogP contribution in [0.25, 0.3) is 11.0 Å². The summed E-state index contributed by atoms with van der Waals surface area (Å²) in [5.41, 5.74) is 2.49. The first-order chi connectivity index (χ1) is 12.3. The third-order valence-corrected chi connectivity index (χ3v) is 6.29. The van der Waals surface area contributed by atoms with Gasteiger partial charge in [-0.05, 0) is 76.3 Å². The maximum atomic E-state index is 6.23. The second-order valence-corrected chi connectivity index (χ2v) is 8.82. The predicted molar refractivity (Wildman–Crippen MR) is 108 cm³/mol. The van der Waals surface area contributed by atoms with E-state index >= 15 is 0 Å². The molecule has 0 aliphatic carbocycles. The fraction of sp³-hybridized carbons (Fsp3) is 0.350. The van der Waals surface area contributed by atoms with E-state index in [2.05, 4.69) is 80.1 Å². The van der Waals surface area contributed by atoms with E-state index < -0.39 is 0 Å². The molecule has 0 bridgehead atoms. The lowest BCUT2D eigenvalue weighted by Crippen LogP contribution is -2.41. The van der Waals surface area contributed by atoms with Crippen LogP contribution in [-0.2, 0) is 9.31 Å². The van der Waals surface area contributed by atoms with Crippen molar-refractivity contribution in [2.24, 2.45) is 0 Å². The number of aryl methyl sites for hydroxylation is 1. The highest BCUT2D eigenvalue weighted by molar-refractivity contribution is 7.98. The van der Waals surface area contributed by atoms with Crippen LogP contribution in [0.15, 0.2) is 53.7 Å². The van der Waals surface area contributed by atoms with Gasteiger partial charge in [0.2, 0.25) is 0 Å². The molecule has 1 fully saturated rings. The van der Waals surface area contributed by atoms with Crippen molar-refractivity contribution in [3.8, 4) is 0 Å². The molecule has 0 radical (unpaired) electrons. The molecule has 0 unspecified atom stereocenters. The van der Waals surface area contributed by atoms with Crippen LogP contribution in [0.2, 0.25) is 0 Å². The minimum Gasteiger partial charge on any atom is -0.399 e. The minimum absolute atomic E-state index is 0.355. The zero-order chi connectivity index (χ0) is 18.5. The molecule has 134 valence electrons. The predicted octanol–water partition coefficient (Wildman–Crippen LogP) is 4.20. The molecule has 1 aliphatic rings. The lowest BCUT2D eigenvalue weighted by atomic mass is 9.78. The van der Waals surface area contributed by atoms with Crippen molar-refractivity contribution in [1.82, 2.24) is 8.96 Å². The average Bonchev–Trinajstić information content (AvgIpc) is 3.08. The molecule has 6 heteroatoms. The highest BCUT2D eigenvalue weighted by atomic mass is 32.2. The van der Waals surface area contributed by atoms with E-state index in [-0.39, 0.29) is 18.3 Å². The van der Waals surface area contributed by atoms with Crippen LogP contribution < -0.4 is 5.46 Å². The van der Waals surface area contributed by atoms with Crippen LogP contribution >= 0.6 is 11.9 Å². The van der Waals surface area contributed by atoms with Crippen molar-refractivity contribution in [3.63, 3.8) is 0 Å². The molecule has 4 rings (SSSR count). The number of fused-ring (bicyclic) bond motifs is 1. The molecule has 1 saturated heterocycles. The second kappa shape index (κ2) is 6.15. The van der Waals surface area contributed by atoms with Crippen molar-refractivity contribution in [1.29, 1.82) is 0 Å². The zero-order valence-electron chi connectivity index (χ0n) is 15.8. The molecular weight excluding hydrogens is 343 g/mol. The Balaban J connectivity index is 1.69. The molecule has 3 aromatic rings. The Labute approximate surface area is 159 Å². The third-order valence-electron chi connectivity index (χ3n) is 5.32. The lowest BCUT2D eigenvalue weighted by molar-refractivity contribution is 0.00578. The summed E-state index contributed by atoms with van der Waals surface area (Å²) in [7, 11) is -0.384. The number of benzene rings is 1. The molecule has 4 nitrogen and oxygen atoms in total. The van der Waals surface area contributed by atoms with Gasteiger partial charge in [0.15, 0.2) is 0 Å². The summed E-state index contributed by atoms with van der Waals surface area (Å²) < 4.78 is 14.6. The topological polar surface area (TPSA) is 36.3 Å². The summed E-state index contributed by atoms with van der Waals surface area (Å²) in [4.78, 5) is 5.77. The normalized spacial score (nSPS) is 18.6. The van der Waals surface area contributed by atoms with Gasteiger partial charge in [-0.2, -0.15) is 0 Å². The Morgan fingerprint density at radius 2 is 1.62 bits per heavy atom. The summed E-state index contributed by atoms with van der Waals surface area (Å²) in [5, 5.41) is 1.06. The van der Waals surface area contributed by atoms with Gasteiger partial charge in [0, 0.05) is 22.7 Å². The lowest BCUT2D eigenvalue weighted by Gasteiger charge is -2.32. The molecule has 0 amide bonds. The summed E-state index contributed by atoms with van der Waals surface area (Å²) in [6.07, 6.45) is 3.88. The van der Waals surface area contributed by atoms with E-state index in [1.54, 1.807) is 11.9 Å². The van der Waals surface area contributed by atoms with Crippen molar-refractivity contribution in [2.45, 2.75) is 50.7 Å². The number of hydrogen-bond donors (Lipinski definition) is 0. The molecule has 1 aromatic carbocycles. The van der Waals surface area contributed by atoms with Crippen molar-refractivity contribution in [3.05, 3.63) is 54.4 Å². The minimum atomic E-state index is -0.384. The Kier molecular flexibility index (Phi) is 4.17. The van der Waals surface area contributed by atoms with Crippen molar-refractivity contribution < 1.29 is 9.31 Å². The smallest absolute Gasteiger partial charge is 0.399 e. The van der Waals surface area contributed by atoms with Crippen LogP contribution in [0.4, 0.5) is 0 Å². The van der Waals surface area contributed by atoms with Crippen LogP contribution in [-0.4, -0.2) is 27.3 Å². The summed E-state index contributed by atoms with van der Waals surface area (Å²) in [5.74, 6) is 0. The van der Waals surface area contributed by atoms with Gasteiger partial charge >= 0.3 is 7.12 Å². The Morgan fingerprint density at radius 1 is 0.962 bits per heavy atom. The van der Waals surface area contributed by atoms with E-state index in [1.165, 1.54) is 10.5 Å². The van der Waals surface area contributed by atoms with Crippen molar-refractivity contribution >= 4 is 35.6 Å². The van der Waals surface area contributed by atoms with Gasteiger partial charge in [-0.3, -0.25) is 3.97 Å². The van der Waals surface area contributed by atoms with Gasteiger partial charge in [0.1, 0.15) is 5.65 Å². The van der Waals surface area contributed by atoms with Crippen LogP contribution in [0, 0.1) is 6.92 Å². The standard InChI is InChI=1S/C20H23BN2O2S/c1-14-6-8-15(9-7-14)26-23-13-11-16-17(10-12-22-18(16)23)21-24-19(2,3)20(4,5)25-21/h6-13H,1-5H3. The molecule has 1 aliphatic heterocycles. The molecule has 0 saturated carbocycles. The molecular formula is C20H23BN2O2S. The van der Waals surface area contributed by atoms with E-state index in [1.807, 2.05) is 12.3 Å². The number of aromatic nitrogens is 2. The van der Waals surface area contributed by atoms with E-state index in [9.17, 15) is 0 Å². The van der Waals surface area contributed by atoms with E-state index in [4.69, 9.17) is 9.31 Å². The van der Waals surface area contributed by atoms with Crippen LogP contribution in [0.1, 0.15) is 33.3 Å². The van der Waals surface area contributed by atoms with Gasteiger partial charge in [-0.25, -0.2) is 4.98 Å². The Hall–Kier alpha value is -1.76. The number of nitrogens with zero attached hydrogens (tertiary/aromatic N) is 2. The number of pyridine rings is 1. The number of hydrogen-bond acceptors (Lipinski definition) is 4. The highest BCUT2D eigenvalue weighted by Crippen LogP contribution is 2.37. The summed E-state index contributed by atoms with van der Waals surface area (Å²) in [6, 6.07) is 12.6. The highest BCUT2D eigenvalue weighted by Gasteiger charge is 2.52. The maximum absolute atomic E-state index is 6.23. The number of rotatable bonds is 3. The second-order valence-electron chi connectivity index (χ2n) is 7.77. The van der Waals surface area contributed by atoms with Gasteiger partial charge < -0.3 is 9.31 Å². The van der Waals surface area contributed by atoms with Gasteiger partial charge in [0.05, 0.1) is 11.2 Å². The first-order valence-corrected chi connectivity index (χ1v) is 9.61. The third kappa shape index (κ3) is 2.96. The molecule has 3 heterocycles. The molecule has 2 aromatic heterocycles. The maximum Gasteiger partial charge on any atom is 0.495 e. The largest absolute Gasteiger partial charge is 0.495 e. The SMILES string of the molecule is Cc1ccc(Sn2ccc3c(B4OC(C)(C)C(C)(C)O4)ccnc32)cc1. The average molecular weight is 366 g/mol. The zero-order valence-corrected chi connectivity index (χ0v) is 16.6. The quantitative estimate of drug-likeness (QED) is 0.651. The summed E-state index contributed by atoms with van der Waals surface area (Å²) >= 11 is 1.66. The Morgan fingerprint density at radius 3 is 2.27 bits per heavy atom. The van der Waals surface area contributed by atoms with E-state index in [0.29, 0.717) is 0 Å². The monoisotopic (exact) mass is 366 g/mol. The molecule has 0 N–H and O–H groups in total. The summed E-state index contributed by atoms with van der Waals surface area (Å²) in [6.45, 7) is 10.4. The molecule has 26 heavy (non-hydrogen) atoms. The molecule has 0 spiro atoms. The molecule has 0 atom stereocenters. The van der Waals surface area contributed by atoms with Gasteiger partial charge in [0.25, 0.3) is 0 Å². The first-order valence-electron chi connectivity index (χ1n) is 8.83.